The minimum atomic E-state index is -0.216. The molecular weight excluding hydrogens is 205 g/mol. The Hall–Kier alpha value is -0.930. The van der Waals surface area contributed by atoms with Crippen LogP contribution in [0.1, 0.15) is 32.4 Å². The summed E-state index contributed by atoms with van der Waals surface area (Å²) >= 11 is 0. The highest BCUT2D eigenvalue weighted by Gasteiger charge is 2.17. The normalized spacial score (nSPS) is 13.8. The van der Waals surface area contributed by atoms with Crippen molar-refractivity contribution in [2.75, 3.05) is 13.2 Å². The summed E-state index contributed by atoms with van der Waals surface area (Å²) in [5.41, 5.74) is 0.920. The molecule has 1 atom stereocenters. The summed E-state index contributed by atoms with van der Waals surface area (Å²) in [7, 11) is 0. The first-order valence-electron chi connectivity index (χ1n) is 5.54. The number of rotatable bonds is 5. The SMILES string of the molecule is C[C@@H](NCC(C)(C)CO)c1ccc(F)cc1. The van der Waals surface area contributed by atoms with Crippen LogP contribution in [0.25, 0.3) is 0 Å². The van der Waals surface area contributed by atoms with Crippen LogP contribution in [-0.4, -0.2) is 18.3 Å². The Morgan fingerprint density at radius 1 is 1.31 bits per heavy atom. The van der Waals surface area contributed by atoms with Crippen molar-refractivity contribution in [1.29, 1.82) is 0 Å². The Balaban J connectivity index is 2.53. The number of nitrogens with one attached hydrogen (secondary N) is 1. The van der Waals surface area contributed by atoms with Crippen LogP contribution in [0.2, 0.25) is 0 Å². The van der Waals surface area contributed by atoms with Crippen LogP contribution in [0, 0.1) is 11.2 Å². The van der Waals surface area contributed by atoms with Crippen molar-refractivity contribution in [3.8, 4) is 0 Å². The molecule has 0 amide bonds. The van der Waals surface area contributed by atoms with Gasteiger partial charge < -0.3 is 10.4 Å². The van der Waals surface area contributed by atoms with Gasteiger partial charge in [0.05, 0.1) is 0 Å². The van der Waals surface area contributed by atoms with Crippen molar-refractivity contribution in [2.45, 2.75) is 26.8 Å². The molecular formula is C13H20FNO. The monoisotopic (exact) mass is 225 g/mol. The third kappa shape index (κ3) is 3.91. The van der Waals surface area contributed by atoms with Crippen LogP contribution < -0.4 is 5.32 Å². The smallest absolute Gasteiger partial charge is 0.123 e. The summed E-state index contributed by atoms with van der Waals surface area (Å²) in [5, 5.41) is 12.5. The molecule has 0 radical (unpaired) electrons. The number of halogens is 1. The second-order valence-electron chi connectivity index (χ2n) is 4.98. The van der Waals surface area contributed by atoms with Gasteiger partial charge in [0.1, 0.15) is 5.82 Å². The van der Waals surface area contributed by atoms with Crippen molar-refractivity contribution in [1.82, 2.24) is 5.32 Å². The van der Waals surface area contributed by atoms with Gasteiger partial charge in [0, 0.05) is 24.6 Å². The van der Waals surface area contributed by atoms with E-state index in [-0.39, 0.29) is 23.9 Å². The molecule has 0 aliphatic heterocycles. The van der Waals surface area contributed by atoms with Gasteiger partial charge >= 0.3 is 0 Å². The van der Waals surface area contributed by atoms with E-state index in [1.165, 1.54) is 12.1 Å². The van der Waals surface area contributed by atoms with Gasteiger partial charge in [0.15, 0.2) is 0 Å². The molecule has 1 aromatic carbocycles. The summed E-state index contributed by atoms with van der Waals surface area (Å²) < 4.78 is 12.7. The van der Waals surface area contributed by atoms with E-state index in [2.05, 4.69) is 5.32 Å². The lowest BCUT2D eigenvalue weighted by molar-refractivity contribution is 0.154. The number of benzene rings is 1. The molecule has 0 fully saturated rings. The predicted molar refractivity (Wildman–Crippen MR) is 63.7 cm³/mol. The first-order chi connectivity index (χ1) is 7.44. The zero-order chi connectivity index (χ0) is 12.2. The molecule has 0 saturated heterocycles. The summed E-state index contributed by atoms with van der Waals surface area (Å²) in [4.78, 5) is 0. The average molecular weight is 225 g/mol. The Morgan fingerprint density at radius 3 is 2.38 bits per heavy atom. The Labute approximate surface area is 96.5 Å². The van der Waals surface area contributed by atoms with Crippen molar-refractivity contribution in [3.05, 3.63) is 35.6 Å². The zero-order valence-electron chi connectivity index (χ0n) is 10.1. The van der Waals surface area contributed by atoms with E-state index < -0.39 is 0 Å². The lowest BCUT2D eigenvalue weighted by Gasteiger charge is -2.25. The molecule has 0 saturated carbocycles. The second-order valence-corrected chi connectivity index (χ2v) is 4.98. The Morgan fingerprint density at radius 2 is 1.88 bits per heavy atom. The molecule has 1 rings (SSSR count). The standard InChI is InChI=1S/C13H20FNO/c1-10(15-8-13(2,3)9-16)11-4-6-12(14)7-5-11/h4-7,10,15-16H,8-9H2,1-3H3/t10-/m1/s1. The third-order valence-corrected chi connectivity index (χ3v) is 2.68. The van der Waals surface area contributed by atoms with E-state index >= 15 is 0 Å². The first-order valence-corrected chi connectivity index (χ1v) is 5.54. The van der Waals surface area contributed by atoms with Crippen LogP contribution >= 0.6 is 0 Å². The topological polar surface area (TPSA) is 32.3 Å². The molecule has 0 heterocycles. The van der Waals surface area contributed by atoms with Crippen molar-refractivity contribution in [3.63, 3.8) is 0 Å². The minimum Gasteiger partial charge on any atom is -0.396 e. The van der Waals surface area contributed by atoms with Gasteiger partial charge in [0.2, 0.25) is 0 Å². The van der Waals surface area contributed by atoms with Crippen LogP contribution in [0.5, 0.6) is 0 Å². The zero-order valence-corrected chi connectivity index (χ0v) is 10.1. The molecule has 2 nitrogen and oxygen atoms in total. The van der Waals surface area contributed by atoms with Crippen LogP contribution in [0.15, 0.2) is 24.3 Å². The van der Waals surface area contributed by atoms with Crippen LogP contribution in [0.3, 0.4) is 0 Å². The van der Waals surface area contributed by atoms with E-state index in [4.69, 9.17) is 5.11 Å². The van der Waals surface area contributed by atoms with Crippen molar-refractivity contribution in [2.24, 2.45) is 5.41 Å². The molecule has 0 aliphatic rings. The summed E-state index contributed by atoms with van der Waals surface area (Å²) in [6.07, 6.45) is 0. The fraction of sp³-hybridized carbons (Fsp3) is 0.538. The quantitative estimate of drug-likeness (QED) is 0.807. The summed E-state index contributed by atoms with van der Waals surface area (Å²) in [6.45, 7) is 6.90. The molecule has 3 heteroatoms. The predicted octanol–water partition coefficient (Wildman–Crippen LogP) is 2.49. The van der Waals surface area contributed by atoms with Crippen LogP contribution in [0.4, 0.5) is 4.39 Å². The maximum Gasteiger partial charge on any atom is 0.123 e. The Kier molecular flexibility index (Phi) is 4.44. The lowest BCUT2D eigenvalue weighted by atomic mass is 9.94. The fourth-order valence-electron chi connectivity index (χ4n) is 1.35. The molecule has 0 aromatic heterocycles. The van der Waals surface area contributed by atoms with Gasteiger partial charge in [0.25, 0.3) is 0 Å². The fourth-order valence-corrected chi connectivity index (χ4v) is 1.35. The third-order valence-electron chi connectivity index (χ3n) is 2.68. The number of hydrogen-bond donors (Lipinski definition) is 2. The molecule has 1 aromatic rings. The first kappa shape index (κ1) is 13.1. The Bertz CT molecular complexity index is 321. The van der Waals surface area contributed by atoms with Gasteiger partial charge in [-0.15, -0.1) is 0 Å². The lowest BCUT2D eigenvalue weighted by Crippen LogP contribution is -2.33. The van der Waals surface area contributed by atoms with Crippen molar-refractivity contribution >= 4 is 0 Å². The maximum atomic E-state index is 12.7. The van der Waals surface area contributed by atoms with Gasteiger partial charge in [-0.05, 0) is 24.6 Å². The molecule has 0 bridgehead atoms. The highest BCUT2D eigenvalue weighted by molar-refractivity contribution is 5.19. The van der Waals surface area contributed by atoms with Gasteiger partial charge in [-0.1, -0.05) is 26.0 Å². The number of hydrogen-bond acceptors (Lipinski definition) is 2. The van der Waals surface area contributed by atoms with Gasteiger partial charge in [-0.25, -0.2) is 4.39 Å². The molecule has 0 aliphatic carbocycles. The molecule has 0 unspecified atom stereocenters. The van der Waals surface area contributed by atoms with E-state index in [0.717, 1.165) is 12.1 Å². The molecule has 2 N–H and O–H groups in total. The van der Waals surface area contributed by atoms with E-state index in [0.29, 0.717) is 0 Å². The number of aliphatic hydroxyl groups excluding tert-OH is 1. The maximum absolute atomic E-state index is 12.7. The summed E-state index contributed by atoms with van der Waals surface area (Å²) in [5.74, 6) is -0.216. The highest BCUT2D eigenvalue weighted by Crippen LogP contribution is 2.17. The minimum absolute atomic E-state index is 0.131. The van der Waals surface area contributed by atoms with Gasteiger partial charge in [-0.2, -0.15) is 0 Å². The molecule has 16 heavy (non-hydrogen) atoms. The largest absolute Gasteiger partial charge is 0.396 e. The number of aliphatic hydroxyl groups is 1. The molecule has 0 spiro atoms. The summed E-state index contributed by atoms with van der Waals surface area (Å²) in [6, 6.07) is 6.64. The van der Waals surface area contributed by atoms with Crippen molar-refractivity contribution < 1.29 is 9.50 Å². The second kappa shape index (κ2) is 5.41. The van der Waals surface area contributed by atoms with Gasteiger partial charge in [-0.3, -0.25) is 0 Å². The van der Waals surface area contributed by atoms with E-state index in [1.807, 2.05) is 20.8 Å². The highest BCUT2D eigenvalue weighted by atomic mass is 19.1. The van der Waals surface area contributed by atoms with E-state index in [1.54, 1.807) is 12.1 Å². The molecule has 90 valence electrons. The average Bonchev–Trinajstić information content (AvgIpc) is 2.27. The van der Waals surface area contributed by atoms with Crippen LogP contribution in [-0.2, 0) is 0 Å². The van der Waals surface area contributed by atoms with E-state index in [9.17, 15) is 4.39 Å².